The van der Waals surface area contributed by atoms with Gasteiger partial charge in [-0.05, 0) is 49.7 Å². The van der Waals surface area contributed by atoms with Crippen LogP contribution in [0.3, 0.4) is 0 Å². The van der Waals surface area contributed by atoms with E-state index in [-0.39, 0.29) is 24.3 Å². The van der Waals surface area contributed by atoms with Crippen LogP contribution in [0.2, 0.25) is 0 Å². The van der Waals surface area contributed by atoms with Crippen molar-refractivity contribution in [3.8, 4) is 0 Å². The molecule has 2 aliphatic heterocycles. The molecule has 2 fully saturated rings. The Labute approximate surface area is 167 Å². The molecule has 1 saturated carbocycles. The van der Waals surface area contributed by atoms with E-state index in [0.29, 0.717) is 35.8 Å². The van der Waals surface area contributed by atoms with Crippen LogP contribution < -0.4 is 10.6 Å². The lowest BCUT2D eigenvalue weighted by molar-refractivity contribution is -0.136. The number of carbonyl (C=O) groups is 3. The van der Waals surface area contributed by atoms with E-state index in [0.717, 1.165) is 23.3 Å². The first-order valence-corrected chi connectivity index (χ1v) is 10.7. The van der Waals surface area contributed by atoms with Crippen LogP contribution in [-0.4, -0.2) is 40.6 Å². The standard InChI is InChI=1S/C20H24FN3O3S/c1-12-5-8-20(9-6-12)18(26)24(19(27)23-20)11-16(25)22-15-7-10-28-17-13(15)3-2-4-14(17)21/h2-4,12,15H,5-11H2,1H3,(H,22,25)(H,23,27)/t12?,15-,20?/m1/s1. The Bertz CT molecular complexity index is 823. The number of nitrogens with zero attached hydrogens (tertiary/aromatic N) is 1. The second-order valence-electron chi connectivity index (χ2n) is 8.00. The number of halogens is 1. The van der Waals surface area contributed by atoms with Gasteiger partial charge in [0, 0.05) is 10.6 Å². The van der Waals surface area contributed by atoms with Gasteiger partial charge in [-0.2, -0.15) is 0 Å². The highest BCUT2D eigenvalue weighted by Crippen LogP contribution is 2.38. The smallest absolute Gasteiger partial charge is 0.325 e. The number of amides is 4. The van der Waals surface area contributed by atoms with Crippen molar-refractivity contribution in [1.29, 1.82) is 0 Å². The maximum atomic E-state index is 14.0. The third-order valence-electron chi connectivity index (χ3n) is 6.04. The molecule has 8 heteroatoms. The predicted octanol–water partition coefficient (Wildman–Crippen LogP) is 2.98. The zero-order valence-corrected chi connectivity index (χ0v) is 16.6. The number of imide groups is 1. The van der Waals surface area contributed by atoms with E-state index in [9.17, 15) is 18.8 Å². The Kier molecular flexibility index (Phi) is 5.07. The summed E-state index contributed by atoms with van der Waals surface area (Å²) in [5.41, 5.74) is -0.0966. The maximum absolute atomic E-state index is 14.0. The van der Waals surface area contributed by atoms with Crippen molar-refractivity contribution in [2.24, 2.45) is 5.92 Å². The van der Waals surface area contributed by atoms with Crippen LogP contribution in [0.25, 0.3) is 0 Å². The highest BCUT2D eigenvalue weighted by molar-refractivity contribution is 7.99. The van der Waals surface area contributed by atoms with E-state index < -0.39 is 17.5 Å². The van der Waals surface area contributed by atoms with Gasteiger partial charge in [0.2, 0.25) is 5.91 Å². The van der Waals surface area contributed by atoms with Crippen LogP contribution in [0.5, 0.6) is 0 Å². The lowest BCUT2D eigenvalue weighted by Gasteiger charge is -2.33. The molecule has 1 saturated heterocycles. The average Bonchev–Trinajstić information content (AvgIpc) is 2.89. The molecule has 3 aliphatic rings. The van der Waals surface area contributed by atoms with Crippen LogP contribution in [0.4, 0.5) is 9.18 Å². The van der Waals surface area contributed by atoms with Crippen LogP contribution in [-0.2, 0) is 9.59 Å². The zero-order valence-electron chi connectivity index (χ0n) is 15.8. The quantitative estimate of drug-likeness (QED) is 0.758. The van der Waals surface area contributed by atoms with Crippen LogP contribution >= 0.6 is 11.8 Å². The third kappa shape index (κ3) is 3.38. The molecule has 2 N–H and O–H groups in total. The number of hydrogen-bond acceptors (Lipinski definition) is 4. The number of carbonyl (C=O) groups excluding carboxylic acids is 3. The lowest BCUT2D eigenvalue weighted by Crippen LogP contribution is -2.50. The van der Waals surface area contributed by atoms with Crippen molar-refractivity contribution >= 4 is 29.6 Å². The summed E-state index contributed by atoms with van der Waals surface area (Å²) in [7, 11) is 0. The van der Waals surface area contributed by atoms with E-state index in [1.807, 2.05) is 0 Å². The van der Waals surface area contributed by atoms with Crippen molar-refractivity contribution < 1.29 is 18.8 Å². The van der Waals surface area contributed by atoms with Gasteiger partial charge in [-0.25, -0.2) is 9.18 Å². The molecular weight excluding hydrogens is 381 g/mol. The van der Waals surface area contributed by atoms with E-state index in [1.165, 1.54) is 17.8 Å². The van der Waals surface area contributed by atoms with E-state index in [4.69, 9.17) is 0 Å². The third-order valence-corrected chi connectivity index (χ3v) is 7.20. The summed E-state index contributed by atoms with van der Waals surface area (Å²) in [6.45, 7) is 1.83. The molecule has 0 aromatic heterocycles. The molecule has 1 aliphatic carbocycles. The first-order chi connectivity index (χ1) is 13.4. The molecule has 6 nitrogen and oxygen atoms in total. The minimum Gasteiger partial charge on any atom is -0.348 e. The first kappa shape index (κ1) is 19.2. The zero-order chi connectivity index (χ0) is 19.9. The van der Waals surface area contributed by atoms with Gasteiger partial charge in [-0.15, -0.1) is 11.8 Å². The van der Waals surface area contributed by atoms with Crippen molar-refractivity contribution in [1.82, 2.24) is 15.5 Å². The molecule has 1 atom stereocenters. The Morgan fingerprint density at radius 2 is 2.07 bits per heavy atom. The predicted molar refractivity (Wildman–Crippen MR) is 103 cm³/mol. The van der Waals surface area contributed by atoms with Gasteiger partial charge in [-0.3, -0.25) is 14.5 Å². The van der Waals surface area contributed by atoms with Gasteiger partial charge < -0.3 is 10.6 Å². The highest BCUT2D eigenvalue weighted by atomic mass is 32.2. The highest BCUT2D eigenvalue weighted by Gasteiger charge is 2.52. The fourth-order valence-corrected chi connectivity index (χ4v) is 5.47. The number of urea groups is 1. The summed E-state index contributed by atoms with van der Waals surface area (Å²) in [5, 5.41) is 5.70. The first-order valence-electron chi connectivity index (χ1n) is 9.74. The summed E-state index contributed by atoms with van der Waals surface area (Å²) in [6.07, 6.45) is 3.67. The molecule has 150 valence electrons. The normalized spacial score (nSPS) is 29.6. The van der Waals surface area contributed by atoms with Gasteiger partial charge >= 0.3 is 6.03 Å². The Morgan fingerprint density at radius 1 is 1.32 bits per heavy atom. The molecule has 4 rings (SSSR count). The summed E-state index contributed by atoms with van der Waals surface area (Å²) < 4.78 is 14.0. The van der Waals surface area contributed by atoms with Crippen molar-refractivity contribution in [2.45, 2.75) is 55.5 Å². The molecule has 4 amide bonds. The van der Waals surface area contributed by atoms with Gasteiger partial charge in [0.25, 0.3) is 5.91 Å². The number of rotatable bonds is 3. The number of fused-ring (bicyclic) bond motifs is 1. The fraction of sp³-hybridized carbons (Fsp3) is 0.550. The minimum atomic E-state index is -0.846. The summed E-state index contributed by atoms with van der Waals surface area (Å²) in [4.78, 5) is 39.4. The number of nitrogens with one attached hydrogen (secondary N) is 2. The molecular formula is C20H24FN3O3S. The van der Waals surface area contributed by atoms with Crippen molar-refractivity contribution in [3.63, 3.8) is 0 Å². The molecule has 1 aromatic rings. The van der Waals surface area contributed by atoms with Gasteiger partial charge in [0.15, 0.2) is 0 Å². The maximum Gasteiger partial charge on any atom is 0.325 e. The van der Waals surface area contributed by atoms with E-state index >= 15 is 0 Å². The second-order valence-corrected chi connectivity index (χ2v) is 9.11. The van der Waals surface area contributed by atoms with Gasteiger partial charge in [0.1, 0.15) is 17.9 Å². The fourth-order valence-electron chi connectivity index (χ4n) is 4.33. The average molecular weight is 405 g/mol. The number of thioether (sulfide) groups is 1. The molecule has 1 aromatic carbocycles. The molecule has 2 heterocycles. The molecule has 0 bridgehead atoms. The molecule has 28 heavy (non-hydrogen) atoms. The Hall–Kier alpha value is -2.09. The Balaban J connectivity index is 1.43. The van der Waals surface area contributed by atoms with Gasteiger partial charge in [0.05, 0.1) is 6.04 Å². The SMILES string of the molecule is CC1CCC2(CC1)NC(=O)N(CC(=O)N[C@@H]1CCSc3c(F)cccc31)C2=O. The topological polar surface area (TPSA) is 78.5 Å². The molecule has 0 radical (unpaired) electrons. The monoisotopic (exact) mass is 405 g/mol. The van der Waals surface area contributed by atoms with Gasteiger partial charge in [-0.1, -0.05) is 19.1 Å². The molecule has 1 spiro atoms. The summed E-state index contributed by atoms with van der Waals surface area (Å²) in [6, 6.07) is 4.03. The van der Waals surface area contributed by atoms with Crippen molar-refractivity contribution in [2.75, 3.05) is 12.3 Å². The van der Waals surface area contributed by atoms with Crippen molar-refractivity contribution in [3.05, 3.63) is 29.6 Å². The number of hydrogen-bond donors (Lipinski definition) is 2. The summed E-state index contributed by atoms with van der Waals surface area (Å²) in [5.74, 6) is 0.243. The second kappa shape index (κ2) is 7.39. The van der Waals surface area contributed by atoms with E-state index in [1.54, 1.807) is 12.1 Å². The van der Waals surface area contributed by atoms with Crippen LogP contribution in [0.1, 0.15) is 50.6 Å². The number of benzene rings is 1. The minimum absolute atomic E-state index is 0.288. The largest absolute Gasteiger partial charge is 0.348 e. The van der Waals surface area contributed by atoms with E-state index in [2.05, 4.69) is 17.6 Å². The lowest BCUT2D eigenvalue weighted by atomic mass is 9.77. The van der Waals surface area contributed by atoms with Crippen LogP contribution in [0.15, 0.2) is 23.1 Å². The molecule has 0 unspecified atom stereocenters. The van der Waals surface area contributed by atoms with Crippen LogP contribution in [0, 0.1) is 11.7 Å². The Morgan fingerprint density at radius 3 is 2.82 bits per heavy atom. The summed E-state index contributed by atoms with van der Waals surface area (Å²) >= 11 is 1.44.